The number of amides is 1. The van der Waals surface area contributed by atoms with Crippen LogP contribution in [0.2, 0.25) is 0 Å². The number of hydrogen-bond acceptors (Lipinski definition) is 7. The van der Waals surface area contributed by atoms with E-state index in [9.17, 15) is 14.7 Å². The van der Waals surface area contributed by atoms with E-state index in [0.717, 1.165) is 40.7 Å². The number of carbonyl (C=O) groups is 2. The van der Waals surface area contributed by atoms with Crippen molar-refractivity contribution in [3.8, 4) is 5.75 Å². The molecule has 0 aliphatic heterocycles. The molecule has 0 aromatic heterocycles. The van der Waals surface area contributed by atoms with E-state index in [1.807, 2.05) is 56.3 Å². The standard InChI is InChI=1S/C27H33N3O5/c1-17-7-10-21(13-18(17)2)24(25(30(4)16-31)26(32)27(33)35-6)23(14-28)19(3)29-15-20-8-11-22(34-5)12-9-20/h7-14,16,26,28-29,32H,15H2,1-6H3/b23-19+,25-24-,28-14?. The third-order valence-corrected chi connectivity index (χ3v) is 5.81. The second kappa shape index (κ2) is 12.5. The number of likely N-dealkylation sites (N-methyl/N-ethyl adjacent to an activating group) is 1. The summed E-state index contributed by atoms with van der Waals surface area (Å²) in [5, 5.41) is 22.4. The van der Waals surface area contributed by atoms with Crippen LogP contribution < -0.4 is 10.1 Å². The highest BCUT2D eigenvalue weighted by atomic mass is 16.5. The molecular formula is C27H33N3O5. The lowest BCUT2D eigenvalue weighted by molar-refractivity contribution is -0.149. The highest BCUT2D eigenvalue weighted by Gasteiger charge is 2.30. The van der Waals surface area contributed by atoms with Gasteiger partial charge in [0.05, 0.1) is 19.9 Å². The van der Waals surface area contributed by atoms with Gasteiger partial charge in [-0.05, 0) is 55.2 Å². The van der Waals surface area contributed by atoms with Crippen molar-refractivity contribution in [2.75, 3.05) is 21.3 Å². The molecule has 0 fully saturated rings. The Morgan fingerprint density at radius 1 is 1.14 bits per heavy atom. The number of carbonyl (C=O) groups excluding carboxylic acids is 2. The summed E-state index contributed by atoms with van der Waals surface area (Å²) in [5.74, 6) is -0.164. The molecule has 35 heavy (non-hydrogen) atoms. The van der Waals surface area contributed by atoms with Gasteiger partial charge >= 0.3 is 5.97 Å². The molecule has 2 aromatic rings. The maximum absolute atomic E-state index is 12.3. The first-order valence-electron chi connectivity index (χ1n) is 11.0. The molecule has 0 radical (unpaired) electrons. The van der Waals surface area contributed by atoms with E-state index < -0.39 is 12.1 Å². The molecule has 1 unspecified atom stereocenters. The monoisotopic (exact) mass is 479 g/mol. The molecule has 0 bridgehead atoms. The third kappa shape index (κ3) is 6.58. The Labute approximate surface area is 206 Å². The van der Waals surface area contributed by atoms with Gasteiger partial charge in [-0.15, -0.1) is 0 Å². The van der Waals surface area contributed by atoms with Gasteiger partial charge in [0.15, 0.2) is 6.10 Å². The van der Waals surface area contributed by atoms with Crippen molar-refractivity contribution in [2.45, 2.75) is 33.4 Å². The van der Waals surface area contributed by atoms with E-state index in [-0.39, 0.29) is 5.70 Å². The molecule has 0 heterocycles. The Morgan fingerprint density at radius 3 is 2.31 bits per heavy atom. The van der Waals surface area contributed by atoms with Gasteiger partial charge < -0.3 is 30.2 Å². The molecule has 0 aliphatic rings. The largest absolute Gasteiger partial charge is 0.497 e. The van der Waals surface area contributed by atoms with E-state index in [1.54, 1.807) is 14.0 Å². The van der Waals surface area contributed by atoms with E-state index in [2.05, 4.69) is 5.32 Å². The van der Waals surface area contributed by atoms with Gasteiger partial charge in [-0.25, -0.2) is 4.79 Å². The summed E-state index contributed by atoms with van der Waals surface area (Å²) >= 11 is 0. The van der Waals surface area contributed by atoms with Crippen LogP contribution in [-0.2, 0) is 20.9 Å². The van der Waals surface area contributed by atoms with Crippen LogP contribution >= 0.6 is 0 Å². The molecule has 1 atom stereocenters. The van der Waals surface area contributed by atoms with Crippen molar-refractivity contribution in [3.63, 3.8) is 0 Å². The number of benzene rings is 2. The summed E-state index contributed by atoms with van der Waals surface area (Å²) in [5.41, 5.74) is 5.09. The average molecular weight is 480 g/mol. The van der Waals surface area contributed by atoms with Crippen molar-refractivity contribution in [1.82, 2.24) is 10.2 Å². The first-order chi connectivity index (χ1) is 16.7. The molecule has 0 saturated carbocycles. The number of rotatable bonds is 11. The molecule has 0 saturated heterocycles. The Kier molecular flexibility index (Phi) is 9.78. The maximum Gasteiger partial charge on any atom is 0.340 e. The number of ether oxygens (including phenoxy) is 2. The minimum Gasteiger partial charge on any atom is -0.497 e. The van der Waals surface area contributed by atoms with E-state index in [1.165, 1.54) is 7.05 Å². The van der Waals surface area contributed by atoms with Gasteiger partial charge in [-0.1, -0.05) is 30.3 Å². The van der Waals surface area contributed by atoms with Crippen LogP contribution in [0.4, 0.5) is 0 Å². The van der Waals surface area contributed by atoms with Gasteiger partial charge in [0.25, 0.3) is 0 Å². The molecule has 0 aliphatic carbocycles. The lowest BCUT2D eigenvalue weighted by Gasteiger charge is -2.26. The van der Waals surface area contributed by atoms with Crippen molar-refractivity contribution in [1.29, 1.82) is 5.41 Å². The third-order valence-electron chi connectivity index (χ3n) is 5.81. The zero-order valence-corrected chi connectivity index (χ0v) is 21.0. The van der Waals surface area contributed by atoms with E-state index >= 15 is 0 Å². The van der Waals surface area contributed by atoms with Gasteiger partial charge in [0, 0.05) is 36.7 Å². The Hall–Kier alpha value is -3.91. The summed E-state index contributed by atoms with van der Waals surface area (Å²) in [6, 6.07) is 13.2. The van der Waals surface area contributed by atoms with Crippen LogP contribution in [0.25, 0.3) is 5.57 Å². The number of methoxy groups -OCH3 is 2. The second-order valence-electron chi connectivity index (χ2n) is 8.09. The van der Waals surface area contributed by atoms with Crippen LogP contribution in [0.15, 0.2) is 59.4 Å². The molecule has 8 nitrogen and oxygen atoms in total. The number of allylic oxidation sites excluding steroid dienone is 3. The van der Waals surface area contributed by atoms with Crippen molar-refractivity contribution in [2.24, 2.45) is 0 Å². The van der Waals surface area contributed by atoms with Crippen LogP contribution in [0.1, 0.15) is 29.2 Å². The Balaban J connectivity index is 2.72. The van der Waals surface area contributed by atoms with Gasteiger partial charge in [-0.2, -0.15) is 0 Å². The summed E-state index contributed by atoms with van der Waals surface area (Å²) in [6.45, 7) is 6.18. The number of aryl methyl sites for hydroxylation is 2. The van der Waals surface area contributed by atoms with Gasteiger partial charge in [0.1, 0.15) is 5.75 Å². The van der Waals surface area contributed by atoms with Crippen LogP contribution in [0.5, 0.6) is 5.75 Å². The fourth-order valence-corrected chi connectivity index (χ4v) is 3.57. The number of aliphatic hydroxyl groups is 1. The van der Waals surface area contributed by atoms with Crippen LogP contribution in [-0.4, -0.2) is 56.0 Å². The zero-order chi connectivity index (χ0) is 26.1. The topological polar surface area (TPSA) is 112 Å². The number of esters is 1. The van der Waals surface area contributed by atoms with Crippen molar-refractivity contribution < 1.29 is 24.2 Å². The van der Waals surface area contributed by atoms with Gasteiger partial charge in [0.2, 0.25) is 6.41 Å². The summed E-state index contributed by atoms with van der Waals surface area (Å²) in [6.07, 6.45) is -0.0931. The smallest absolute Gasteiger partial charge is 0.340 e. The SMILES string of the molecule is COC(=O)C(O)/C(=C(/C(C=N)=C(\C)NCc1ccc(OC)cc1)c1ccc(C)c(C)c1)N(C)C=O. The van der Waals surface area contributed by atoms with Gasteiger partial charge in [-0.3, -0.25) is 4.79 Å². The summed E-state index contributed by atoms with van der Waals surface area (Å²) in [7, 11) is 4.21. The number of aliphatic hydroxyl groups excluding tert-OH is 1. The Bertz CT molecular complexity index is 1140. The number of hydrogen-bond donors (Lipinski definition) is 3. The molecule has 3 N–H and O–H groups in total. The first kappa shape index (κ1) is 27.3. The molecule has 186 valence electrons. The molecule has 0 spiro atoms. The summed E-state index contributed by atoms with van der Waals surface area (Å²) in [4.78, 5) is 25.2. The number of nitrogens with one attached hydrogen (secondary N) is 2. The fourth-order valence-electron chi connectivity index (χ4n) is 3.57. The molecule has 1 amide bonds. The first-order valence-corrected chi connectivity index (χ1v) is 11.0. The minimum absolute atomic E-state index is 0.0131. The quantitative estimate of drug-likeness (QED) is 0.197. The average Bonchev–Trinajstić information content (AvgIpc) is 2.88. The highest BCUT2D eigenvalue weighted by Crippen LogP contribution is 2.32. The maximum atomic E-state index is 12.3. The highest BCUT2D eigenvalue weighted by molar-refractivity contribution is 6.03. The Morgan fingerprint density at radius 2 is 1.80 bits per heavy atom. The zero-order valence-electron chi connectivity index (χ0n) is 21.0. The lowest BCUT2D eigenvalue weighted by atomic mass is 9.90. The summed E-state index contributed by atoms with van der Waals surface area (Å²) < 4.78 is 9.95. The van der Waals surface area contributed by atoms with E-state index in [0.29, 0.717) is 35.4 Å². The molecule has 2 rings (SSSR count). The van der Waals surface area contributed by atoms with Crippen molar-refractivity contribution in [3.05, 3.63) is 81.7 Å². The molecule has 2 aromatic carbocycles. The molecular weight excluding hydrogens is 446 g/mol. The number of nitrogens with zero attached hydrogens (tertiary/aromatic N) is 1. The minimum atomic E-state index is -1.74. The van der Waals surface area contributed by atoms with E-state index in [4.69, 9.17) is 14.9 Å². The lowest BCUT2D eigenvalue weighted by Crippen LogP contribution is -2.34. The van der Waals surface area contributed by atoms with Crippen LogP contribution in [0, 0.1) is 19.3 Å². The predicted molar refractivity (Wildman–Crippen MR) is 136 cm³/mol. The van der Waals surface area contributed by atoms with Crippen molar-refractivity contribution >= 4 is 24.2 Å². The second-order valence-corrected chi connectivity index (χ2v) is 8.09. The molecule has 8 heteroatoms. The predicted octanol–water partition coefficient (Wildman–Crippen LogP) is 3.36. The fraction of sp³-hybridized carbons (Fsp3) is 0.296. The normalized spacial score (nSPS) is 13.1. The van der Waals surface area contributed by atoms with Crippen LogP contribution in [0.3, 0.4) is 0 Å².